The van der Waals surface area contributed by atoms with Gasteiger partial charge in [0.05, 0.1) is 28.7 Å². The monoisotopic (exact) mass is 438 g/mol. The van der Waals surface area contributed by atoms with Gasteiger partial charge in [-0.05, 0) is 13.0 Å². The first-order chi connectivity index (χ1) is 16.5. The molecule has 1 aliphatic heterocycles. The van der Waals surface area contributed by atoms with Crippen molar-refractivity contribution in [3.8, 4) is 11.3 Å². The molecule has 2 aromatic heterocycles. The Hall–Kier alpha value is -4.15. The Morgan fingerprint density at radius 1 is 1.16 bits per heavy atom. The van der Waals surface area contributed by atoms with Gasteiger partial charge in [0.25, 0.3) is 5.91 Å². The molecule has 0 radical (unpaired) electrons. The maximum Gasteiger partial charge on any atom is 0.320 e. The molecule has 0 aliphatic carbocycles. The van der Waals surface area contributed by atoms with Gasteiger partial charge in [-0.15, -0.1) is 0 Å². The van der Waals surface area contributed by atoms with Gasteiger partial charge in [-0.3, -0.25) is 10.1 Å². The number of hydrogen-bond donors (Lipinski definition) is 4. The summed E-state index contributed by atoms with van der Waals surface area (Å²) >= 11 is 0. The van der Waals surface area contributed by atoms with Gasteiger partial charge in [-0.2, -0.15) is 15.0 Å². The van der Waals surface area contributed by atoms with Crippen LogP contribution in [-0.2, 0) is 7.05 Å². The average molecular weight is 439 g/mol. The third-order valence-corrected chi connectivity index (χ3v) is 5.36. The summed E-state index contributed by atoms with van der Waals surface area (Å²) in [4.78, 5) is 32.2. The fourth-order valence-electron chi connectivity index (χ4n) is 3.69. The fraction of sp³-hybridized carbons (Fsp3) is 0.286. The number of hydrogen-bond acceptors (Lipinski definition) is 7. The summed E-state index contributed by atoms with van der Waals surface area (Å²) < 4.78 is 22.1. The number of para-hydroxylation sites is 1. The Kier molecular flexibility index (Phi) is 4.48. The van der Waals surface area contributed by atoms with E-state index in [1.807, 2.05) is 42.4 Å². The van der Waals surface area contributed by atoms with Crippen LogP contribution in [0, 0.1) is 0 Å². The molecule has 1 atom stereocenters. The second-order valence-electron chi connectivity index (χ2n) is 7.31. The number of amides is 3. The quantitative estimate of drug-likeness (QED) is 0.492. The van der Waals surface area contributed by atoms with E-state index in [9.17, 15) is 9.59 Å². The molecule has 0 bridgehead atoms. The molecule has 1 aliphatic rings. The molecule has 0 unspecified atom stereocenters. The van der Waals surface area contributed by atoms with Crippen LogP contribution in [-0.4, -0.2) is 53.0 Å². The summed E-state index contributed by atoms with van der Waals surface area (Å²) in [5.74, 6) is -0.672. The summed E-state index contributed by atoms with van der Waals surface area (Å²) in [6.45, 7) is -0.669. The van der Waals surface area contributed by atoms with E-state index in [2.05, 4.69) is 31.1 Å². The molecule has 3 heterocycles. The van der Waals surface area contributed by atoms with Crippen LogP contribution >= 0.6 is 0 Å². The lowest BCUT2D eigenvalue weighted by Gasteiger charge is -2.34. The molecule has 3 aromatic rings. The highest BCUT2D eigenvalue weighted by atomic mass is 16.2. The standard InChI is InChI=1S/C21H25N9O2/c1-11-17-18(28-30(5)27-17)12-7-6-8-14(19(12)29(11)4)25-15-9-16(26-21(32)23-3)24-10-13(15)20(31)22-2/h6-11H,1-5H3,(H,22,31)(H3,23,24,25,26,32)/t11-/m1/s1/i2D3. The van der Waals surface area contributed by atoms with Crippen molar-refractivity contribution in [3.63, 3.8) is 0 Å². The topological polar surface area (TPSA) is 129 Å². The van der Waals surface area contributed by atoms with Gasteiger partial charge < -0.3 is 20.9 Å². The maximum absolute atomic E-state index is 12.8. The van der Waals surface area contributed by atoms with Crippen molar-refractivity contribution in [2.45, 2.75) is 13.0 Å². The molecular formula is C21H25N9O2. The molecule has 0 saturated carbocycles. The number of carbonyl (C=O) groups excluding carboxylic acids is 2. The minimum atomic E-state index is -2.68. The molecule has 32 heavy (non-hydrogen) atoms. The highest BCUT2D eigenvalue weighted by Crippen LogP contribution is 2.46. The number of fused-ring (bicyclic) bond motifs is 3. The van der Waals surface area contributed by atoms with E-state index < -0.39 is 18.9 Å². The molecule has 0 saturated heterocycles. The van der Waals surface area contributed by atoms with E-state index in [4.69, 9.17) is 4.11 Å². The van der Waals surface area contributed by atoms with Gasteiger partial charge in [0.15, 0.2) is 0 Å². The van der Waals surface area contributed by atoms with Crippen molar-refractivity contribution in [1.82, 2.24) is 30.6 Å². The summed E-state index contributed by atoms with van der Waals surface area (Å²) in [6.07, 6.45) is 1.21. The van der Waals surface area contributed by atoms with Crippen LogP contribution in [0.25, 0.3) is 11.3 Å². The van der Waals surface area contributed by atoms with Crippen molar-refractivity contribution in [3.05, 3.63) is 41.7 Å². The first-order valence-electron chi connectivity index (χ1n) is 11.3. The van der Waals surface area contributed by atoms with E-state index in [0.29, 0.717) is 5.69 Å². The Morgan fingerprint density at radius 3 is 2.72 bits per heavy atom. The highest BCUT2D eigenvalue weighted by molar-refractivity contribution is 6.02. The third kappa shape index (κ3) is 3.57. The first-order valence-corrected chi connectivity index (χ1v) is 9.84. The number of benzene rings is 1. The lowest BCUT2D eigenvalue weighted by Crippen LogP contribution is -2.27. The molecule has 1 aromatic carbocycles. The summed E-state index contributed by atoms with van der Waals surface area (Å²) in [7, 11) is 5.15. The summed E-state index contributed by atoms with van der Waals surface area (Å²) in [5.41, 5.74) is 4.18. The zero-order valence-electron chi connectivity index (χ0n) is 21.0. The number of nitrogens with one attached hydrogen (secondary N) is 4. The number of pyridine rings is 1. The van der Waals surface area contributed by atoms with Crippen molar-refractivity contribution in [2.24, 2.45) is 7.05 Å². The maximum atomic E-state index is 12.8. The molecule has 11 nitrogen and oxygen atoms in total. The van der Waals surface area contributed by atoms with Crippen molar-refractivity contribution >= 4 is 34.8 Å². The van der Waals surface area contributed by atoms with Gasteiger partial charge in [-0.1, -0.05) is 12.1 Å². The number of anilines is 4. The smallest absolute Gasteiger partial charge is 0.320 e. The molecule has 3 amide bonds. The predicted molar refractivity (Wildman–Crippen MR) is 122 cm³/mol. The van der Waals surface area contributed by atoms with E-state index in [-0.39, 0.29) is 23.1 Å². The zero-order chi connectivity index (χ0) is 25.5. The lowest BCUT2D eigenvalue weighted by atomic mass is 9.96. The van der Waals surface area contributed by atoms with Crippen molar-refractivity contribution in [2.75, 3.05) is 36.6 Å². The molecular weight excluding hydrogens is 410 g/mol. The normalized spacial score (nSPS) is 16.1. The van der Waals surface area contributed by atoms with E-state index in [1.165, 1.54) is 24.1 Å². The van der Waals surface area contributed by atoms with Crippen LogP contribution in [0.3, 0.4) is 0 Å². The molecule has 0 fully saturated rings. The molecule has 4 rings (SSSR count). The Labute approximate surface area is 189 Å². The van der Waals surface area contributed by atoms with E-state index in [1.54, 1.807) is 7.05 Å². The van der Waals surface area contributed by atoms with Crippen LogP contribution in [0.2, 0.25) is 0 Å². The number of nitrogens with zero attached hydrogens (tertiary/aromatic N) is 5. The number of carbonyl (C=O) groups is 2. The Morgan fingerprint density at radius 2 is 1.97 bits per heavy atom. The van der Waals surface area contributed by atoms with Crippen LogP contribution in [0.5, 0.6) is 0 Å². The van der Waals surface area contributed by atoms with E-state index >= 15 is 0 Å². The summed E-state index contributed by atoms with van der Waals surface area (Å²) in [5, 5.41) is 19.2. The van der Waals surface area contributed by atoms with Gasteiger partial charge in [0.1, 0.15) is 17.2 Å². The lowest BCUT2D eigenvalue weighted by molar-refractivity contribution is 0.0963. The molecule has 11 heteroatoms. The predicted octanol–water partition coefficient (Wildman–Crippen LogP) is 2.24. The highest BCUT2D eigenvalue weighted by Gasteiger charge is 2.32. The SMILES string of the molecule is [2H]C([2H])([2H])NC(=O)c1cnc(NC(=O)NC)cc1Nc1cccc2c1N(C)[C@H](C)c1nn(C)nc1-2. The fourth-order valence-corrected chi connectivity index (χ4v) is 3.69. The van der Waals surface area contributed by atoms with E-state index in [0.717, 1.165) is 22.6 Å². The van der Waals surface area contributed by atoms with Crippen LogP contribution in [0.4, 0.5) is 27.7 Å². The largest absolute Gasteiger partial charge is 0.364 e. The number of aryl methyl sites for hydroxylation is 1. The van der Waals surface area contributed by atoms with Crippen LogP contribution in [0.1, 0.15) is 33.1 Å². The van der Waals surface area contributed by atoms with Gasteiger partial charge in [0, 0.05) is 50.1 Å². The number of urea groups is 1. The number of rotatable bonds is 4. The Bertz CT molecular complexity index is 1310. The Balaban J connectivity index is 1.80. The first kappa shape index (κ1) is 17.5. The van der Waals surface area contributed by atoms with Crippen LogP contribution < -0.4 is 26.2 Å². The third-order valence-electron chi connectivity index (χ3n) is 5.36. The molecule has 4 N–H and O–H groups in total. The molecule has 0 spiro atoms. The van der Waals surface area contributed by atoms with Gasteiger partial charge in [-0.25, -0.2) is 9.78 Å². The van der Waals surface area contributed by atoms with Gasteiger partial charge in [0.2, 0.25) is 0 Å². The molecule has 166 valence electrons. The second-order valence-corrected chi connectivity index (χ2v) is 7.31. The minimum Gasteiger partial charge on any atom is -0.364 e. The van der Waals surface area contributed by atoms with Crippen molar-refractivity contribution < 1.29 is 13.7 Å². The number of aromatic nitrogens is 4. The zero-order valence-corrected chi connectivity index (χ0v) is 18.0. The van der Waals surface area contributed by atoms with Crippen molar-refractivity contribution in [1.29, 1.82) is 0 Å². The summed E-state index contributed by atoms with van der Waals surface area (Å²) in [6, 6.07) is 6.50. The second kappa shape index (κ2) is 8.17. The van der Waals surface area contributed by atoms with Gasteiger partial charge >= 0.3 is 6.03 Å². The minimum absolute atomic E-state index is 0.00659. The average Bonchev–Trinajstić information content (AvgIpc) is 3.18. The van der Waals surface area contributed by atoms with Crippen LogP contribution in [0.15, 0.2) is 30.5 Å².